The topological polar surface area (TPSA) is 41.8 Å². The van der Waals surface area contributed by atoms with Crippen LogP contribution in [0.2, 0.25) is 0 Å². The molecule has 0 atom stereocenters. The minimum absolute atomic E-state index is 0.290. The van der Waals surface area contributed by atoms with Crippen molar-refractivity contribution in [2.24, 2.45) is 5.16 Å². The second-order valence-electron chi connectivity index (χ2n) is 3.26. The average Bonchev–Trinajstić information content (AvgIpc) is 2.22. The zero-order valence-corrected chi connectivity index (χ0v) is 9.03. The number of hydrogen-bond donors (Lipinski definition) is 1. The van der Waals surface area contributed by atoms with Crippen molar-refractivity contribution in [1.29, 1.82) is 0 Å². The monoisotopic (exact) mass is 205 g/mol. The van der Waals surface area contributed by atoms with Gasteiger partial charge in [-0.05, 0) is 43.2 Å². The number of benzene rings is 1. The zero-order chi connectivity index (χ0) is 11.3. The lowest BCUT2D eigenvalue weighted by atomic mass is 10.1. The number of nitrogens with zero attached hydrogens (tertiary/aromatic N) is 1. The Morgan fingerprint density at radius 2 is 2.33 bits per heavy atom. The van der Waals surface area contributed by atoms with Crippen molar-refractivity contribution in [2.45, 2.75) is 13.8 Å². The van der Waals surface area contributed by atoms with Crippen LogP contribution in [0.1, 0.15) is 18.1 Å². The Labute approximate surface area is 89.7 Å². The van der Waals surface area contributed by atoms with Gasteiger partial charge in [0.2, 0.25) is 0 Å². The van der Waals surface area contributed by atoms with E-state index in [2.05, 4.69) is 11.7 Å². The van der Waals surface area contributed by atoms with Gasteiger partial charge in [0.15, 0.2) is 0 Å². The molecule has 0 radical (unpaired) electrons. The fourth-order valence-electron chi connectivity index (χ4n) is 1.12. The second-order valence-corrected chi connectivity index (χ2v) is 3.26. The predicted octanol–water partition coefficient (Wildman–Crippen LogP) is 2.63. The van der Waals surface area contributed by atoms with Crippen molar-refractivity contribution in [1.82, 2.24) is 0 Å². The van der Waals surface area contributed by atoms with Crippen LogP contribution >= 0.6 is 0 Å². The van der Waals surface area contributed by atoms with Gasteiger partial charge in [0, 0.05) is 0 Å². The van der Waals surface area contributed by atoms with Gasteiger partial charge in [-0.1, -0.05) is 17.8 Å². The first kappa shape index (κ1) is 11.3. The maximum absolute atomic E-state index is 9.36. The highest BCUT2D eigenvalue weighted by molar-refractivity contribution is 5.98. The minimum Gasteiger partial charge on any atom is -0.508 e. The van der Waals surface area contributed by atoms with E-state index in [0.29, 0.717) is 12.4 Å². The molecule has 0 aromatic heterocycles. The summed E-state index contributed by atoms with van der Waals surface area (Å²) in [5.41, 5.74) is 2.54. The smallest absolute Gasteiger partial charge is 0.135 e. The van der Waals surface area contributed by atoms with Crippen LogP contribution in [0.3, 0.4) is 0 Å². The summed E-state index contributed by atoms with van der Waals surface area (Å²) in [6.45, 7) is 7.63. The van der Waals surface area contributed by atoms with Crippen molar-refractivity contribution in [3.8, 4) is 5.75 Å². The van der Waals surface area contributed by atoms with Crippen molar-refractivity contribution < 1.29 is 9.94 Å². The van der Waals surface area contributed by atoms with Gasteiger partial charge >= 0.3 is 0 Å². The third-order valence-corrected chi connectivity index (χ3v) is 2.01. The number of aromatic hydroxyl groups is 1. The highest BCUT2D eigenvalue weighted by atomic mass is 16.6. The molecule has 0 heterocycles. The Morgan fingerprint density at radius 1 is 1.60 bits per heavy atom. The van der Waals surface area contributed by atoms with Gasteiger partial charge in [-0.25, -0.2) is 0 Å². The molecule has 0 saturated carbocycles. The maximum atomic E-state index is 9.36. The summed E-state index contributed by atoms with van der Waals surface area (Å²) in [7, 11) is 0. The number of hydrogen-bond acceptors (Lipinski definition) is 3. The lowest BCUT2D eigenvalue weighted by Gasteiger charge is -2.03. The van der Waals surface area contributed by atoms with Gasteiger partial charge in [-0.2, -0.15) is 0 Å². The standard InChI is InChI=1S/C12H15NO2/c1-4-7-15-13-10(3)11-5-6-12(14)9(2)8-11/h4-6,8,14H,1,7H2,2-3H3/b13-10-. The Balaban J connectivity index is 2.81. The maximum Gasteiger partial charge on any atom is 0.135 e. The summed E-state index contributed by atoms with van der Waals surface area (Å²) in [6.07, 6.45) is 1.64. The van der Waals surface area contributed by atoms with Crippen LogP contribution in [-0.4, -0.2) is 17.4 Å². The van der Waals surface area contributed by atoms with E-state index in [1.807, 2.05) is 19.9 Å². The highest BCUT2D eigenvalue weighted by Gasteiger charge is 2.01. The first-order chi connectivity index (χ1) is 7.15. The molecule has 0 aliphatic carbocycles. The number of phenolic OH excluding ortho intramolecular Hbond substituents is 1. The normalized spacial score (nSPS) is 11.2. The van der Waals surface area contributed by atoms with E-state index in [1.165, 1.54) is 0 Å². The molecule has 0 fully saturated rings. The van der Waals surface area contributed by atoms with Gasteiger partial charge in [0.05, 0.1) is 5.71 Å². The van der Waals surface area contributed by atoms with Gasteiger partial charge in [0.1, 0.15) is 12.4 Å². The van der Waals surface area contributed by atoms with Crippen LogP contribution in [0.5, 0.6) is 5.75 Å². The molecular formula is C12H15NO2. The van der Waals surface area contributed by atoms with E-state index in [4.69, 9.17) is 4.84 Å². The molecule has 0 spiro atoms. The first-order valence-electron chi connectivity index (χ1n) is 4.72. The molecular weight excluding hydrogens is 190 g/mol. The molecule has 3 nitrogen and oxygen atoms in total. The molecule has 15 heavy (non-hydrogen) atoms. The average molecular weight is 205 g/mol. The summed E-state index contributed by atoms with van der Waals surface area (Å²) >= 11 is 0. The van der Waals surface area contributed by atoms with Gasteiger partial charge in [0.25, 0.3) is 0 Å². The third-order valence-electron chi connectivity index (χ3n) is 2.01. The Kier molecular flexibility index (Phi) is 3.92. The highest BCUT2D eigenvalue weighted by Crippen LogP contribution is 2.17. The van der Waals surface area contributed by atoms with Crippen LogP contribution in [0.15, 0.2) is 36.0 Å². The van der Waals surface area contributed by atoms with E-state index in [9.17, 15) is 5.11 Å². The molecule has 0 saturated heterocycles. The van der Waals surface area contributed by atoms with Crippen molar-refractivity contribution in [2.75, 3.05) is 6.61 Å². The second kappa shape index (κ2) is 5.20. The summed E-state index contributed by atoms with van der Waals surface area (Å²) in [5.74, 6) is 0.290. The van der Waals surface area contributed by atoms with Crippen LogP contribution < -0.4 is 0 Å². The Bertz CT molecular complexity index is 383. The number of phenols is 1. The van der Waals surface area contributed by atoms with Crippen molar-refractivity contribution in [3.63, 3.8) is 0 Å². The number of aryl methyl sites for hydroxylation is 1. The zero-order valence-electron chi connectivity index (χ0n) is 9.03. The number of oxime groups is 1. The van der Waals surface area contributed by atoms with Crippen molar-refractivity contribution >= 4 is 5.71 Å². The Hall–Kier alpha value is -1.77. The van der Waals surface area contributed by atoms with Crippen LogP contribution in [0, 0.1) is 6.92 Å². The summed E-state index contributed by atoms with van der Waals surface area (Å²) in [4.78, 5) is 4.98. The largest absolute Gasteiger partial charge is 0.508 e. The first-order valence-corrected chi connectivity index (χ1v) is 4.72. The summed E-state index contributed by atoms with van der Waals surface area (Å²) in [5, 5.41) is 13.3. The molecule has 3 heteroatoms. The van der Waals surface area contributed by atoms with Gasteiger partial charge in [-0.3, -0.25) is 0 Å². The van der Waals surface area contributed by atoms with E-state index in [-0.39, 0.29) is 0 Å². The third kappa shape index (κ3) is 3.13. The van der Waals surface area contributed by atoms with E-state index < -0.39 is 0 Å². The van der Waals surface area contributed by atoms with Crippen LogP contribution in [0.4, 0.5) is 0 Å². The van der Waals surface area contributed by atoms with Crippen LogP contribution in [0.25, 0.3) is 0 Å². The molecule has 0 unspecified atom stereocenters. The fourth-order valence-corrected chi connectivity index (χ4v) is 1.12. The van der Waals surface area contributed by atoms with Crippen molar-refractivity contribution in [3.05, 3.63) is 42.0 Å². The molecule has 1 aromatic carbocycles. The molecule has 0 aliphatic rings. The molecule has 0 bridgehead atoms. The van der Waals surface area contributed by atoms with E-state index in [0.717, 1.165) is 16.8 Å². The predicted molar refractivity (Wildman–Crippen MR) is 61.2 cm³/mol. The van der Waals surface area contributed by atoms with Crippen LogP contribution in [-0.2, 0) is 4.84 Å². The molecule has 1 N–H and O–H groups in total. The fraction of sp³-hybridized carbons (Fsp3) is 0.250. The molecule has 0 amide bonds. The molecule has 1 aromatic rings. The van der Waals surface area contributed by atoms with E-state index in [1.54, 1.807) is 18.2 Å². The molecule has 0 aliphatic heterocycles. The Morgan fingerprint density at radius 3 is 2.93 bits per heavy atom. The number of rotatable bonds is 4. The molecule has 80 valence electrons. The summed E-state index contributed by atoms with van der Waals surface area (Å²) in [6, 6.07) is 5.32. The quantitative estimate of drug-likeness (QED) is 0.355. The minimum atomic E-state index is 0.290. The van der Waals surface area contributed by atoms with Gasteiger partial charge in [-0.15, -0.1) is 0 Å². The SMILES string of the molecule is C=CCO/N=C(/C)c1ccc(O)c(C)c1. The van der Waals surface area contributed by atoms with E-state index >= 15 is 0 Å². The van der Waals surface area contributed by atoms with Gasteiger partial charge < -0.3 is 9.94 Å². The summed E-state index contributed by atoms with van der Waals surface area (Å²) < 4.78 is 0. The molecule has 1 rings (SSSR count). The lowest BCUT2D eigenvalue weighted by molar-refractivity contribution is 0.175. The lowest BCUT2D eigenvalue weighted by Crippen LogP contribution is -1.97.